The van der Waals surface area contributed by atoms with Crippen molar-refractivity contribution in [2.24, 2.45) is 0 Å². The molecule has 0 saturated carbocycles. The molecule has 1 unspecified atom stereocenters. The summed E-state index contributed by atoms with van der Waals surface area (Å²) in [6.45, 7) is 1.16. The van der Waals surface area contributed by atoms with Crippen molar-refractivity contribution in [2.45, 2.75) is 31.7 Å². The summed E-state index contributed by atoms with van der Waals surface area (Å²) in [5.74, 6) is -0.925. The number of carboxylic acids is 1. The smallest absolute Gasteiger partial charge is 0.305 e. The molecule has 15 heavy (non-hydrogen) atoms. The van der Waals surface area contributed by atoms with E-state index in [9.17, 15) is 9.59 Å². The number of nitrogens with one attached hydrogen (secondary N) is 1. The van der Waals surface area contributed by atoms with E-state index < -0.39 is 5.97 Å². The van der Waals surface area contributed by atoms with Gasteiger partial charge in [0.2, 0.25) is 5.91 Å². The Balaban J connectivity index is 2.29. The number of aliphatic carboxylic acids is 1. The minimum absolute atomic E-state index is 0.0117. The van der Waals surface area contributed by atoms with Crippen molar-refractivity contribution in [1.82, 2.24) is 10.2 Å². The maximum atomic E-state index is 11.6. The molecule has 0 aromatic heterocycles. The van der Waals surface area contributed by atoms with Crippen molar-refractivity contribution in [1.29, 1.82) is 0 Å². The largest absolute Gasteiger partial charge is 0.481 e. The van der Waals surface area contributed by atoms with E-state index in [2.05, 4.69) is 5.32 Å². The molecule has 86 valence electrons. The molecule has 1 aliphatic heterocycles. The van der Waals surface area contributed by atoms with E-state index in [4.69, 9.17) is 5.11 Å². The van der Waals surface area contributed by atoms with E-state index >= 15 is 0 Å². The first kappa shape index (κ1) is 12.0. The Hall–Kier alpha value is -1.10. The molecule has 1 atom stereocenters. The number of carbonyl (C=O) groups excluding carboxylic acids is 1. The molecule has 0 aliphatic carbocycles. The lowest BCUT2D eigenvalue weighted by molar-refractivity contribution is -0.137. The second-order valence-corrected chi connectivity index (χ2v) is 3.93. The third-order valence-electron chi connectivity index (χ3n) is 2.71. The maximum Gasteiger partial charge on any atom is 0.305 e. The lowest BCUT2D eigenvalue weighted by atomic mass is 10.0. The summed E-state index contributed by atoms with van der Waals surface area (Å²) < 4.78 is 0. The average molecular weight is 214 g/mol. The van der Waals surface area contributed by atoms with Crippen molar-refractivity contribution in [2.75, 3.05) is 20.1 Å². The lowest BCUT2D eigenvalue weighted by Gasteiger charge is -2.31. The Bertz CT molecular complexity index is 243. The van der Waals surface area contributed by atoms with E-state index in [0.717, 1.165) is 25.8 Å². The van der Waals surface area contributed by atoms with Gasteiger partial charge in [-0.25, -0.2) is 0 Å². The quantitative estimate of drug-likeness (QED) is 0.694. The summed E-state index contributed by atoms with van der Waals surface area (Å²) in [4.78, 5) is 23.9. The Morgan fingerprint density at radius 1 is 1.47 bits per heavy atom. The number of hydrogen-bond acceptors (Lipinski definition) is 3. The minimum Gasteiger partial charge on any atom is -0.481 e. The number of likely N-dealkylation sites (tertiary alicyclic amines) is 1. The van der Waals surface area contributed by atoms with Gasteiger partial charge in [-0.3, -0.25) is 14.5 Å². The Morgan fingerprint density at radius 2 is 2.20 bits per heavy atom. The number of nitrogens with zero attached hydrogens (tertiary/aromatic N) is 1. The molecule has 1 amide bonds. The molecule has 0 aromatic rings. The molecule has 1 aliphatic rings. The zero-order chi connectivity index (χ0) is 11.3. The van der Waals surface area contributed by atoms with Gasteiger partial charge in [0.05, 0.1) is 12.5 Å². The van der Waals surface area contributed by atoms with Crippen LogP contribution in [0.3, 0.4) is 0 Å². The molecule has 0 aromatic carbocycles. The van der Waals surface area contributed by atoms with Crippen LogP contribution in [0.2, 0.25) is 0 Å². The van der Waals surface area contributed by atoms with E-state index in [1.807, 2.05) is 11.9 Å². The van der Waals surface area contributed by atoms with Gasteiger partial charge in [0, 0.05) is 6.54 Å². The first-order valence-electron chi connectivity index (χ1n) is 5.31. The second-order valence-electron chi connectivity index (χ2n) is 3.93. The van der Waals surface area contributed by atoms with E-state index in [1.165, 1.54) is 0 Å². The van der Waals surface area contributed by atoms with Gasteiger partial charge < -0.3 is 10.4 Å². The summed E-state index contributed by atoms with van der Waals surface area (Å²) in [6, 6.07) is -0.0763. The average Bonchev–Trinajstić information content (AvgIpc) is 2.17. The van der Waals surface area contributed by atoms with Crippen LogP contribution in [-0.2, 0) is 9.59 Å². The van der Waals surface area contributed by atoms with E-state index in [1.54, 1.807) is 0 Å². The van der Waals surface area contributed by atoms with Gasteiger partial charge in [-0.1, -0.05) is 6.42 Å². The standard InChI is InChI=1S/C10H18N2O3/c1-12-7-3-2-4-8(12)10(15)11-6-5-9(13)14/h8H,2-7H2,1H3,(H,11,15)(H,13,14). The lowest BCUT2D eigenvalue weighted by Crippen LogP contribution is -2.47. The van der Waals surface area contributed by atoms with Gasteiger partial charge in [-0.2, -0.15) is 0 Å². The predicted octanol–water partition coefficient (Wildman–Crippen LogP) is 0.0616. The highest BCUT2D eigenvalue weighted by molar-refractivity contribution is 5.82. The molecule has 5 heteroatoms. The second kappa shape index (κ2) is 5.70. The molecule has 1 fully saturated rings. The van der Waals surface area contributed by atoms with Gasteiger partial charge in [-0.15, -0.1) is 0 Å². The SMILES string of the molecule is CN1CCCCC1C(=O)NCCC(=O)O. The highest BCUT2D eigenvalue weighted by Crippen LogP contribution is 2.14. The van der Waals surface area contributed by atoms with Crippen molar-refractivity contribution < 1.29 is 14.7 Å². The number of carboxylic acid groups (broad SMARTS) is 1. The van der Waals surface area contributed by atoms with Crippen LogP contribution in [0, 0.1) is 0 Å². The summed E-state index contributed by atoms with van der Waals surface area (Å²) >= 11 is 0. The maximum absolute atomic E-state index is 11.6. The Kier molecular flexibility index (Phi) is 4.55. The monoisotopic (exact) mass is 214 g/mol. The third kappa shape index (κ3) is 3.87. The molecule has 5 nitrogen and oxygen atoms in total. The molecule has 0 radical (unpaired) electrons. The van der Waals surface area contributed by atoms with Crippen molar-refractivity contribution in [3.63, 3.8) is 0 Å². The fraction of sp³-hybridized carbons (Fsp3) is 0.800. The van der Waals surface area contributed by atoms with Gasteiger partial charge in [0.25, 0.3) is 0 Å². The normalized spacial score (nSPS) is 22.3. The van der Waals surface area contributed by atoms with Crippen LogP contribution in [0.4, 0.5) is 0 Å². The Labute approximate surface area is 89.4 Å². The fourth-order valence-electron chi connectivity index (χ4n) is 1.82. The molecule has 1 rings (SSSR count). The van der Waals surface area contributed by atoms with Crippen LogP contribution < -0.4 is 5.32 Å². The van der Waals surface area contributed by atoms with Gasteiger partial charge in [0.1, 0.15) is 0 Å². The molecular weight excluding hydrogens is 196 g/mol. The molecule has 0 bridgehead atoms. The molecule has 1 heterocycles. The van der Waals surface area contributed by atoms with Crippen LogP contribution in [0.25, 0.3) is 0 Å². The molecule has 0 spiro atoms. The van der Waals surface area contributed by atoms with Gasteiger partial charge >= 0.3 is 5.97 Å². The number of hydrogen-bond donors (Lipinski definition) is 2. The number of carbonyl (C=O) groups is 2. The summed E-state index contributed by atoms with van der Waals surface area (Å²) in [5, 5.41) is 11.1. The zero-order valence-corrected chi connectivity index (χ0v) is 9.03. The summed E-state index contributed by atoms with van der Waals surface area (Å²) in [6.07, 6.45) is 3.06. The fourth-order valence-corrected chi connectivity index (χ4v) is 1.82. The molecule has 1 saturated heterocycles. The molecular formula is C10H18N2O3. The summed E-state index contributed by atoms with van der Waals surface area (Å²) in [5.41, 5.74) is 0. The van der Waals surface area contributed by atoms with Gasteiger partial charge in [0.15, 0.2) is 0 Å². The van der Waals surface area contributed by atoms with Crippen LogP contribution in [0.15, 0.2) is 0 Å². The third-order valence-corrected chi connectivity index (χ3v) is 2.71. The van der Waals surface area contributed by atoms with Crippen LogP contribution in [0.1, 0.15) is 25.7 Å². The Morgan fingerprint density at radius 3 is 2.80 bits per heavy atom. The van der Waals surface area contributed by atoms with Crippen molar-refractivity contribution >= 4 is 11.9 Å². The van der Waals surface area contributed by atoms with Crippen LogP contribution in [-0.4, -0.2) is 48.1 Å². The number of rotatable bonds is 4. The first-order valence-corrected chi connectivity index (χ1v) is 5.31. The minimum atomic E-state index is -0.882. The highest BCUT2D eigenvalue weighted by Gasteiger charge is 2.25. The number of likely N-dealkylation sites (N-methyl/N-ethyl adjacent to an activating group) is 1. The zero-order valence-electron chi connectivity index (χ0n) is 9.03. The van der Waals surface area contributed by atoms with E-state index in [0.29, 0.717) is 0 Å². The highest BCUT2D eigenvalue weighted by atomic mass is 16.4. The summed E-state index contributed by atoms with van der Waals surface area (Å²) in [7, 11) is 1.93. The molecule has 2 N–H and O–H groups in total. The van der Waals surface area contributed by atoms with Crippen molar-refractivity contribution in [3.8, 4) is 0 Å². The van der Waals surface area contributed by atoms with Gasteiger partial charge in [-0.05, 0) is 26.4 Å². The van der Waals surface area contributed by atoms with E-state index in [-0.39, 0.29) is 24.9 Å². The van der Waals surface area contributed by atoms with Crippen LogP contribution in [0.5, 0.6) is 0 Å². The predicted molar refractivity (Wildman–Crippen MR) is 55.5 cm³/mol. The first-order chi connectivity index (χ1) is 7.11. The van der Waals surface area contributed by atoms with Crippen LogP contribution >= 0.6 is 0 Å². The topological polar surface area (TPSA) is 69.6 Å². The van der Waals surface area contributed by atoms with Crippen molar-refractivity contribution in [3.05, 3.63) is 0 Å². The number of amides is 1. The number of piperidine rings is 1.